The fourth-order valence-electron chi connectivity index (χ4n) is 3.25. The average molecular weight is 424 g/mol. The first kappa shape index (κ1) is 23.3. The van der Waals surface area contributed by atoms with Crippen molar-refractivity contribution in [2.75, 3.05) is 42.9 Å². The van der Waals surface area contributed by atoms with E-state index in [1.165, 1.54) is 25.1 Å². The van der Waals surface area contributed by atoms with Crippen LogP contribution in [0, 0.1) is 5.92 Å². The van der Waals surface area contributed by atoms with Crippen molar-refractivity contribution in [1.29, 1.82) is 0 Å². The second-order valence-corrected chi connectivity index (χ2v) is 7.39. The fourth-order valence-corrected chi connectivity index (χ4v) is 3.25. The number of nitrogens with one attached hydrogen (secondary N) is 1. The summed E-state index contributed by atoms with van der Waals surface area (Å²) in [6, 6.07) is 8.15. The molecule has 148 valence electrons. The third-order valence-electron chi connectivity index (χ3n) is 5.30. The number of hydrogen-bond acceptors (Lipinski definition) is 4. The maximum absolute atomic E-state index is 12.1. The van der Waals surface area contributed by atoms with Gasteiger partial charge in [0.25, 0.3) is 0 Å². The Morgan fingerprint density at radius 3 is 2.35 bits per heavy atom. The highest BCUT2D eigenvalue weighted by Gasteiger charge is 2.45. The van der Waals surface area contributed by atoms with Gasteiger partial charge in [-0.15, -0.1) is 37.2 Å². The summed E-state index contributed by atoms with van der Waals surface area (Å²) in [7, 11) is 0. The molecule has 4 rings (SSSR count). The van der Waals surface area contributed by atoms with E-state index in [0.717, 1.165) is 50.6 Å². The van der Waals surface area contributed by atoms with Crippen LogP contribution in [0.2, 0.25) is 0 Å². The molecule has 3 fully saturated rings. The Bertz CT molecular complexity index is 600. The molecule has 1 aromatic carbocycles. The minimum atomic E-state index is -0.621. The first-order valence-corrected chi connectivity index (χ1v) is 8.80. The lowest BCUT2D eigenvalue weighted by atomic mass is 10.2. The van der Waals surface area contributed by atoms with E-state index in [9.17, 15) is 4.79 Å². The van der Waals surface area contributed by atoms with Crippen LogP contribution in [0.4, 0.5) is 11.4 Å². The fraction of sp³-hybridized carbons (Fsp3) is 0.611. The number of rotatable bonds is 5. The highest BCUT2D eigenvalue weighted by molar-refractivity contribution is 6.00. The summed E-state index contributed by atoms with van der Waals surface area (Å²) in [6.45, 7) is 5.68. The summed E-state index contributed by atoms with van der Waals surface area (Å²) in [5.41, 5.74) is 7.37. The number of carbonyl (C=O) groups is 1. The van der Waals surface area contributed by atoms with E-state index in [4.69, 9.17) is 5.73 Å². The van der Waals surface area contributed by atoms with E-state index >= 15 is 0 Å². The third kappa shape index (κ3) is 5.64. The van der Waals surface area contributed by atoms with Crippen LogP contribution in [0.5, 0.6) is 0 Å². The molecule has 0 spiro atoms. The van der Waals surface area contributed by atoms with Gasteiger partial charge in [-0.25, -0.2) is 0 Å². The number of anilines is 2. The lowest BCUT2D eigenvalue weighted by Gasteiger charge is -2.36. The summed E-state index contributed by atoms with van der Waals surface area (Å²) in [5, 5.41) is 2.97. The summed E-state index contributed by atoms with van der Waals surface area (Å²) in [5.74, 6) is 0.912. The SMILES string of the molecule is Cl.Cl.Cl.NC1(C(=O)Nc2cccc(N3CCN(CC4CC4)CC3)c2)CC1. The van der Waals surface area contributed by atoms with E-state index in [2.05, 4.69) is 27.2 Å². The molecule has 0 radical (unpaired) electrons. The Hall–Kier alpha value is -0.720. The van der Waals surface area contributed by atoms with Crippen LogP contribution < -0.4 is 16.0 Å². The monoisotopic (exact) mass is 422 g/mol. The lowest BCUT2D eigenvalue weighted by Crippen LogP contribution is -2.47. The van der Waals surface area contributed by atoms with Crippen molar-refractivity contribution in [2.24, 2.45) is 11.7 Å². The number of nitrogens with two attached hydrogens (primary N) is 1. The Balaban J connectivity index is 0.00000113. The molecule has 5 nitrogen and oxygen atoms in total. The lowest BCUT2D eigenvalue weighted by molar-refractivity contribution is -0.118. The van der Waals surface area contributed by atoms with E-state index in [1.54, 1.807) is 0 Å². The number of piperazine rings is 1. The first-order valence-electron chi connectivity index (χ1n) is 8.80. The molecule has 0 atom stereocenters. The summed E-state index contributed by atoms with van der Waals surface area (Å²) >= 11 is 0. The van der Waals surface area contributed by atoms with Crippen molar-refractivity contribution in [3.63, 3.8) is 0 Å². The van der Waals surface area contributed by atoms with Gasteiger partial charge in [-0.1, -0.05) is 6.07 Å². The molecular formula is C18H29Cl3N4O. The minimum Gasteiger partial charge on any atom is -0.369 e. The Morgan fingerprint density at radius 2 is 1.77 bits per heavy atom. The second-order valence-electron chi connectivity index (χ2n) is 7.39. The van der Waals surface area contributed by atoms with Crippen LogP contribution in [-0.2, 0) is 4.79 Å². The van der Waals surface area contributed by atoms with Gasteiger partial charge in [0.15, 0.2) is 0 Å². The van der Waals surface area contributed by atoms with Gasteiger partial charge < -0.3 is 16.0 Å². The number of hydrogen-bond donors (Lipinski definition) is 2. The number of nitrogens with zero attached hydrogens (tertiary/aromatic N) is 2. The van der Waals surface area contributed by atoms with Gasteiger partial charge in [-0.05, 0) is 49.8 Å². The van der Waals surface area contributed by atoms with Gasteiger partial charge in [-0.2, -0.15) is 0 Å². The molecule has 1 aliphatic heterocycles. The van der Waals surface area contributed by atoms with Gasteiger partial charge >= 0.3 is 0 Å². The maximum Gasteiger partial charge on any atom is 0.244 e. The molecule has 8 heteroatoms. The summed E-state index contributed by atoms with van der Waals surface area (Å²) < 4.78 is 0. The quantitative estimate of drug-likeness (QED) is 0.764. The Labute approximate surface area is 174 Å². The average Bonchev–Trinajstić information content (AvgIpc) is 3.47. The number of carbonyl (C=O) groups excluding carboxylic acids is 1. The normalized spacial score (nSPS) is 20.9. The zero-order valence-corrected chi connectivity index (χ0v) is 17.3. The van der Waals surface area contributed by atoms with Crippen LogP contribution in [0.25, 0.3) is 0 Å². The summed E-state index contributed by atoms with van der Waals surface area (Å²) in [4.78, 5) is 17.1. The van der Waals surface area contributed by atoms with E-state index in [0.29, 0.717) is 0 Å². The van der Waals surface area contributed by atoms with Crippen LogP contribution >= 0.6 is 37.2 Å². The van der Waals surface area contributed by atoms with Crippen molar-refractivity contribution >= 4 is 54.5 Å². The number of amides is 1. The van der Waals surface area contributed by atoms with E-state index in [1.807, 2.05) is 12.1 Å². The second kappa shape index (κ2) is 9.47. The summed E-state index contributed by atoms with van der Waals surface area (Å²) in [6.07, 6.45) is 4.43. The minimum absolute atomic E-state index is 0. The van der Waals surface area contributed by atoms with Gasteiger partial charge in [0.2, 0.25) is 5.91 Å². The predicted molar refractivity (Wildman–Crippen MR) is 114 cm³/mol. The van der Waals surface area contributed by atoms with Crippen LogP contribution in [0.3, 0.4) is 0 Å². The van der Waals surface area contributed by atoms with Crippen molar-refractivity contribution in [3.05, 3.63) is 24.3 Å². The number of halogens is 3. The molecule has 3 aliphatic rings. The van der Waals surface area contributed by atoms with Crippen LogP contribution in [0.15, 0.2) is 24.3 Å². The van der Waals surface area contributed by atoms with Crippen LogP contribution in [0.1, 0.15) is 25.7 Å². The molecule has 2 saturated carbocycles. The highest BCUT2D eigenvalue weighted by atomic mass is 35.5. The highest BCUT2D eigenvalue weighted by Crippen LogP contribution is 2.34. The zero-order chi connectivity index (χ0) is 15.9. The predicted octanol–water partition coefficient (Wildman–Crippen LogP) is 2.91. The van der Waals surface area contributed by atoms with Gasteiger partial charge in [0.05, 0.1) is 5.54 Å². The molecule has 26 heavy (non-hydrogen) atoms. The van der Waals surface area contributed by atoms with Crippen molar-refractivity contribution in [2.45, 2.75) is 31.2 Å². The molecule has 1 amide bonds. The van der Waals surface area contributed by atoms with Crippen molar-refractivity contribution in [1.82, 2.24) is 4.90 Å². The maximum atomic E-state index is 12.1. The molecule has 1 saturated heterocycles. The zero-order valence-electron chi connectivity index (χ0n) is 14.9. The molecule has 0 bridgehead atoms. The molecule has 3 N–H and O–H groups in total. The molecule has 0 unspecified atom stereocenters. The van der Waals surface area contributed by atoms with E-state index in [-0.39, 0.29) is 43.1 Å². The van der Waals surface area contributed by atoms with Crippen molar-refractivity contribution < 1.29 is 4.79 Å². The van der Waals surface area contributed by atoms with Gasteiger partial charge in [0.1, 0.15) is 0 Å². The van der Waals surface area contributed by atoms with E-state index < -0.39 is 5.54 Å². The molecule has 1 aromatic rings. The standard InChI is InChI=1S/C18H26N4O.3ClH/c19-18(6-7-18)17(23)20-15-2-1-3-16(12-15)22-10-8-21(9-11-22)13-14-4-5-14;;;/h1-3,12,14H,4-11,13,19H2,(H,20,23);3*1H. The Morgan fingerprint density at radius 1 is 1.12 bits per heavy atom. The largest absolute Gasteiger partial charge is 0.369 e. The van der Waals surface area contributed by atoms with Crippen LogP contribution in [-0.4, -0.2) is 49.1 Å². The van der Waals surface area contributed by atoms with Crippen molar-refractivity contribution in [3.8, 4) is 0 Å². The molecule has 0 aromatic heterocycles. The topological polar surface area (TPSA) is 61.6 Å². The molecular weight excluding hydrogens is 395 g/mol. The molecule has 2 aliphatic carbocycles. The molecule has 1 heterocycles. The first-order chi connectivity index (χ1) is 11.1. The smallest absolute Gasteiger partial charge is 0.244 e. The van der Waals surface area contributed by atoms with Gasteiger partial charge in [-0.3, -0.25) is 9.69 Å². The third-order valence-corrected chi connectivity index (χ3v) is 5.30. The number of benzene rings is 1. The van der Waals surface area contributed by atoms with Gasteiger partial charge in [0, 0.05) is 44.1 Å². The Kier molecular flexibility index (Phi) is 8.49.